The second-order valence-corrected chi connectivity index (χ2v) is 9.14. The van der Waals surface area contributed by atoms with E-state index in [1.54, 1.807) is 19.1 Å². The molecule has 1 fully saturated rings. The van der Waals surface area contributed by atoms with Crippen LogP contribution < -0.4 is 0 Å². The minimum absolute atomic E-state index is 0.0963. The summed E-state index contributed by atoms with van der Waals surface area (Å²) in [5.41, 5.74) is 9.78. The van der Waals surface area contributed by atoms with Crippen molar-refractivity contribution in [1.82, 2.24) is 4.98 Å². The van der Waals surface area contributed by atoms with Crippen LogP contribution in [0.15, 0.2) is 45.4 Å². The Morgan fingerprint density at radius 2 is 2.15 bits per heavy atom. The second kappa shape index (κ2) is 8.15. The van der Waals surface area contributed by atoms with Gasteiger partial charge >= 0.3 is 0 Å². The van der Waals surface area contributed by atoms with Crippen LogP contribution in [0, 0.1) is 0 Å². The molecule has 0 amide bonds. The molecule has 1 aromatic carbocycles. The SMILES string of the molecule is C/C(=C\C[C@H]1OC[C@@H](N=[N+]=[N-])CO1)CS(=O)(=O)c1nc2ccccc2s1. The number of fused-ring (bicyclic) bond motifs is 1. The second-order valence-electron chi connectivity index (χ2n) is 5.95. The first kappa shape index (κ1) is 18.8. The number of aromatic nitrogens is 1. The number of benzene rings is 1. The van der Waals surface area contributed by atoms with Crippen LogP contribution in [0.2, 0.25) is 0 Å². The molecule has 0 aliphatic carbocycles. The van der Waals surface area contributed by atoms with Crippen LogP contribution in [-0.4, -0.2) is 44.7 Å². The molecule has 1 aromatic heterocycles. The lowest BCUT2D eigenvalue weighted by Gasteiger charge is -2.26. The molecule has 0 saturated carbocycles. The third-order valence-electron chi connectivity index (χ3n) is 3.78. The molecule has 0 bridgehead atoms. The van der Waals surface area contributed by atoms with Gasteiger partial charge in [0.25, 0.3) is 0 Å². The van der Waals surface area contributed by atoms with Crippen molar-refractivity contribution in [3.8, 4) is 0 Å². The maximum Gasteiger partial charge on any atom is 0.210 e. The topological polar surface area (TPSA) is 114 Å². The van der Waals surface area contributed by atoms with Gasteiger partial charge in [-0.15, -0.1) is 11.3 Å². The molecule has 26 heavy (non-hydrogen) atoms. The Kier molecular flexibility index (Phi) is 5.90. The average molecular weight is 394 g/mol. The Hall–Kier alpha value is -1.97. The van der Waals surface area contributed by atoms with Crippen molar-refractivity contribution in [3.05, 3.63) is 46.4 Å². The highest BCUT2D eigenvalue weighted by atomic mass is 32.2. The number of ether oxygens (including phenoxy) is 2. The number of para-hydroxylation sites is 1. The van der Waals surface area contributed by atoms with E-state index in [0.29, 0.717) is 30.7 Å². The largest absolute Gasteiger partial charge is 0.352 e. The van der Waals surface area contributed by atoms with Crippen molar-refractivity contribution >= 4 is 31.4 Å². The molecule has 0 spiro atoms. The van der Waals surface area contributed by atoms with Gasteiger partial charge in [-0.1, -0.05) is 28.9 Å². The van der Waals surface area contributed by atoms with E-state index >= 15 is 0 Å². The minimum Gasteiger partial charge on any atom is -0.352 e. The van der Waals surface area contributed by atoms with E-state index in [2.05, 4.69) is 15.0 Å². The smallest absolute Gasteiger partial charge is 0.210 e. The molecule has 1 aliphatic rings. The fraction of sp³-hybridized carbons (Fsp3) is 0.438. The van der Waals surface area contributed by atoms with Crippen molar-refractivity contribution in [2.75, 3.05) is 19.0 Å². The molecular weight excluding hydrogens is 376 g/mol. The first-order valence-electron chi connectivity index (χ1n) is 7.99. The van der Waals surface area contributed by atoms with Gasteiger partial charge in [0.05, 0.1) is 35.2 Å². The molecule has 138 valence electrons. The van der Waals surface area contributed by atoms with Gasteiger partial charge in [-0.05, 0) is 24.6 Å². The zero-order valence-electron chi connectivity index (χ0n) is 14.1. The van der Waals surface area contributed by atoms with E-state index < -0.39 is 16.1 Å². The first-order chi connectivity index (χ1) is 12.5. The number of rotatable bonds is 6. The lowest BCUT2D eigenvalue weighted by atomic mass is 10.2. The van der Waals surface area contributed by atoms with Gasteiger partial charge in [-0.3, -0.25) is 0 Å². The van der Waals surface area contributed by atoms with Gasteiger partial charge in [0, 0.05) is 11.3 Å². The summed E-state index contributed by atoms with van der Waals surface area (Å²) >= 11 is 1.18. The number of hydrogen-bond acceptors (Lipinski definition) is 7. The number of hydrogen-bond donors (Lipinski definition) is 0. The number of nitrogens with zero attached hydrogens (tertiary/aromatic N) is 4. The predicted molar refractivity (Wildman–Crippen MR) is 98.7 cm³/mol. The minimum atomic E-state index is -3.49. The van der Waals surface area contributed by atoms with Gasteiger partial charge in [0.15, 0.2) is 6.29 Å². The van der Waals surface area contributed by atoms with Gasteiger partial charge in [0.2, 0.25) is 14.2 Å². The maximum atomic E-state index is 12.6. The maximum absolute atomic E-state index is 12.6. The summed E-state index contributed by atoms with van der Waals surface area (Å²) in [6.07, 6.45) is 1.77. The fourth-order valence-corrected chi connectivity index (χ4v) is 5.24. The van der Waals surface area contributed by atoms with E-state index in [9.17, 15) is 8.42 Å². The van der Waals surface area contributed by atoms with Crippen LogP contribution in [0.25, 0.3) is 20.7 Å². The molecule has 0 unspecified atom stereocenters. The van der Waals surface area contributed by atoms with E-state index in [4.69, 9.17) is 15.0 Å². The van der Waals surface area contributed by atoms with Gasteiger partial charge in [-0.2, -0.15) is 0 Å². The lowest BCUT2D eigenvalue weighted by Crippen LogP contribution is -2.34. The fourth-order valence-electron chi connectivity index (χ4n) is 2.51. The van der Waals surface area contributed by atoms with Crippen LogP contribution in [0.5, 0.6) is 0 Å². The first-order valence-corrected chi connectivity index (χ1v) is 10.5. The molecule has 0 N–H and O–H groups in total. The number of azide groups is 1. The van der Waals surface area contributed by atoms with Crippen LogP contribution in [0.1, 0.15) is 13.3 Å². The van der Waals surface area contributed by atoms with E-state index in [1.165, 1.54) is 11.3 Å². The summed E-state index contributed by atoms with van der Waals surface area (Å²) in [5.74, 6) is -0.0963. The number of sulfone groups is 1. The standard InChI is InChI=1S/C16H18N4O4S2/c1-11(6-7-15-23-8-12(9-24-15)19-20-17)10-26(21,22)16-18-13-4-2-3-5-14(13)25-16/h2-6,12,15H,7-10H2,1H3/b11-6+/t12-,15+. The summed E-state index contributed by atoms with van der Waals surface area (Å²) in [7, 11) is -3.49. The molecule has 2 heterocycles. The molecule has 0 atom stereocenters. The summed E-state index contributed by atoms with van der Waals surface area (Å²) in [5, 5.41) is 3.54. The van der Waals surface area contributed by atoms with E-state index in [1.807, 2.05) is 18.2 Å². The third kappa shape index (κ3) is 4.60. The van der Waals surface area contributed by atoms with Crippen LogP contribution in [0.3, 0.4) is 0 Å². The molecule has 2 aromatic rings. The molecule has 0 radical (unpaired) electrons. The van der Waals surface area contributed by atoms with Crippen molar-refractivity contribution in [1.29, 1.82) is 0 Å². The van der Waals surface area contributed by atoms with E-state index in [-0.39, 0.29) is 16.1 Å². The molecule has 1 aliphatic heterocycles. The quantitative estimate of drug-likeness (QED) is 0.322. The predicted octanol–water partition coefficient (Wildman–Crippen LogP) is 3.46. The Morgan fingerprint density at radius 1 is 1.42 bits per heavy atom. The normalized spacial score (nSPS) is 21.5. The van der Waals surface area contributed by atoms with Crippen LogP contribution in [-0.2, 0) is 19.3 Å². The Morgan fingerprint density at radius 3 is 2.85 bits per heavy atom. The molecule has 8 nitrogen and oxygen atoms in total. The highest BCUT2D eigenvalue weighted by Crippen LogP contribution is 2.26. The lowest BCUT2D eigenvalue weighted by molar-refractivity contribution is -0.182. The molecule has 1 saturated heterocycles. The zero-order valence-corrected chi connectivity index (χ0v) is 15.7. The average Bonchev–Trinajstić information content (AvgIpc) is 3.06. The van der Waals surface area contributed by atoms with Crippen LogP contribution >= 0.6 is 11.3 Å². The summed E-state index contributed by atoms with van der Waals surface area (Å²) in [6, 6.07) is 7.03. The van der Waals surface area contributed by atoms with Crippen molar-refractivity contribution in [2.45, 2.75) is 30.0 Å². The van der Waals surface area contributed by atoms with E-state index in [0.717, 1.165) is 4.70 Å². The van der Waals surface area contributed by atoms with Crippen molar-refractivity contribution in [3.63, 3.8) is 0 Å². The number of thiazole rings is 1. The summed E-state index contributed by atoms with van der Waals surface area (Å²) < 4.78 is 37.1. The Labute approximate surface area is 155 Å². The monoisotopic (exact) mass is 394 g/mol. The van der Waals surface area contributed by atoms with Crippen LogP contribution in [0.4, 0.5) is 0 Å². The molecular formula is C16H18N4O4S2. The van der Waals surface area contributed by atoms with Crippen molar-refractivity contribution in [2.24, 2.45) is 5.11 Å². The summed E-state index contributed by atoms with van der Waals surface area (Å²) in [6.45, 7) is 2.35. The Balaban J connectivity index is 1.60. The molecule has 3 rings (SSSR count). The molecule has 10 heteroatoms. The highest BCUT2D eigenvalue weighted by molar-refractivity contribution is 7.93. The highest BCUT2D eigenvalue weighted by Gasteiger charge is 2.22. The van der Waals surface area contributed by atoms with Crippen molar-refractivity contribution < 1.29 is 17.9 Å². The third-order valence-corrected chi connectivity index (χ3v) is 7.08. The summed E-state index contributed by atoms with van der Waals surface area (Å²) in [4.78, 5) is 6.95. The van der Waals surface area contributed by atoms with Gasteiger partial charge in [0.1, 0.15) is 0 Å². The van der Waals surface area contributed by atoms with Gasteiger partial charge < -0.3 is 9.47 Å². The Bertz CT molecular complexity index is 923. The van der Waals surface area contributed by atoms with Gasteiger partial charge in [-0.25, -0.2) is 13.4 Å². The zero-order chi connectivity index (χ0) is 18.6.